The van der Waals surface area contributed by atoms with Crippen LogP contribution in [0.1, 0.15) is 29.2 Å². The number of rotatable bonds is 2. The van der Waals surface area contributed by atoms with Crippen LogP contribution in [0.15, 0.2) is 71.7 Å². The number of nitrogens with one attached hydrogen (secondary N) is 1. The van der Waals surface area contributed by atoms with Crippen LogP contribution in [0.5, 0.6) is 0 Å². The van der Waals surface area contributed by atoms with Crippen molar-refractivity contribution >= 4 is 10.9 Å². The SMILES string of the molecule is O=c1c2cnc3c(c2[nH]n1-c1ccccc1)CC(c1ccccc1)CC3. The molecule has 4 heteroatoms. The van der Waals surface area contributed by atoms with Gasteiger partial charge in [-0.3, -0.25) is 14.9 Å². The lowest BCUT2D eigenvalue weighted by Gasteiger charge is -2.24. The van der Waals surface area contributed by atoms with E-state index in [4.69, 9.17) is 0 Å². The predicted molar refractivity (Wildman–Crippen MR) is 103 cm³/mol. The molecule has 4 aromatic rings. The molecule has 0 spiro atoms. The van der Waals surface area contributed by atoms with Crippen LogP contribution in [0.25, 0.3) is 16.6 Å². The Morgan fingerprint density at radius 3 is 2.50 bits per heavy atom. The summed E-state index contributed by atoms with van der Waals surface area (Å²) in [5, 5.41) is 4.01. The first-order chi connectivity index (χ1) is 12.8. The number of hydrogen-bond donors (Lipinski definition) is 1. The second-order valence-corrected chi connectivity index (χ2v) is 6.91. The number of pyridine rings is 1. The van der Waals surface area contributed by atoms with E-state index in [9.17, 15) is 4.79 Å². The average Bonchev–Trinajstić information content (AvgIpc) is 3.06. The largest absolute Gasteiger partial charge is 0.290 e. The van der Waals surface area contributed by atoms with E-state index in [-0.39, 0.29) is 5.56 Å². The van der Waals surface area contributed by atoms with E-state index in [2.05, 4.69) is 40.4 Å². The molecule has 0 bridgehead atoms. The van der Waals surface area contributed by atoms with Crippen LogP contribution in [-0.4, -0.2) is 14.8 Å². The summed E-state index contributed by atoms with van der Waals surface area (Å²) in [6.45, 7) is 0. The van der Waals surface area contributed by atoms with E-state index in [0.717, 1.165) is 36.2 Å². The van der Waals surface area contributed by atoms with Gasteiger partial charge >= 0.3 is 0 Å². The zero-order chi connectivity index (χ0) is 17.5. The molecule has 0 aliphatic heterocycles. The van der Waals surface area contributed by atoms with Gasteiger partial charge < -0.3 is 0 Å². The van der Waals surface area contributed by atoms with Crippen LogP contribution in [0.3, 0.4) is 0 Å². The van der Waals surface area contributed by atoms with Crippen molar-refractivity contribution in [2.24, 2.45) is 0 Å². The lowest BCUT2D eigenvalue weighted by molar-refractivity contribution is 0.577. The molecule has 5 rings (SSSR count). The van der Waals surface area contributed by atoms with Gasteiger partial charge in [0.1, 0.15) is 0 Å². The molecule has 0 radical (unpaired) electrons. The summed E-state index contributed by atoms with van der Waals surface area (Å²) in [4.78, 5) is 17.5. The van der Waals surface area contributed by atoms with Gasteiger partial charge in [0.05, 0.1) is 16.6 Å². The Kier molecular flexibility index (Phi) is 3.49. The maximum atomic E-state index is 12.9. The smallest absolute Gasteiger partial charge is 0.280 e. The molecule has 0 saturated carbocycles. The topological polar surface area (TPSA) is 50.7 Å². The zero-order valence-corrected chi connectivity index (χ0v) is 14.4. The first-order valence-electron chi connectivity index (χ1n) is 9.03. The third kappa shape index (κ3) is 2.37. The van der Waals surface area contributed by atoms with Crippen molar-refractivity contribution < 1.29 is 0 Å². The molecule has 2 aromatic carbocycles. The average molecular weight is 341 g/mol. The Balaban J connectivity index is 1.64. The molecule has 1 aliphatic carbocycles. The van der Waals surface area contributed by atoms with E-state index in [1.165, 1.54) is 11.1 Å². The fraction of sp³-hybridized carbons (Fsp3) is 0.182. The minimum Gasteiger partial charge on any atom is -0.290 e. The molecule has 128 valence electrons. The molecule has 0 fully saturated rings. The zero-order valence-electron chi connectivity index (χ0n) is 14.4. The summed E-state index contributed by atoms with van der Waals surface area (Å²) in [5.41, 5.74) is 5.41. The summed E-state index contributed by atoms with van der Waals surface area (Å²) >= 11 is 0. The number of nitrogens with zero attached hydrogens (tertiary/aromatic N) is 2. The summed E-state index contributed by atoms with van der Waals surface area (Å²) < 4.78 is 1.62. The van der Waals surface area contributed by atoms with Gasteiger partial charge in [-0.2, -0.15) is 0 Å². The first kappa shape index (κ1) is 15.1. The number of H-pyrrole nitrogens is 1. The second-order valence-electron chi connectivity index (χ2n) is 6.91. The highest BCUT2D eigenvalue weighted by molar-refractivity contribution is 5.82. The maximum Gasteiger partial charge on any atom is 0.280 e. The molecule has 2 heterocycles. The van der Waals surface area contributed by atoms with E-state index in [1.54, 1.807) is 10.9 Å². The molecule has 0 amide bonds. The van der Waals surface area contributed by atoms with Gasteiger partial charge in [0.15, 0.2) is 0 Å². The Morgan fingerprint density at radius 2 is 1.73 bits per heavy atom. The summed E-state index contributed by atoms with van der Waals surface area (Å²) in [6, 6.07) is 20.3. The normalized spacial score (nSPS) is 16.5. The predicted octanol–water partition coefficient (Wildman–Crippen LogP) is 3.99. The van der Waals surface area contributed by atoms with Gasteiger partial charge in [0.25, 0.3) is 5.56 Å². The minimum absolute atomic E-state index is 0.0386. The van der Waals surface area contributed by atoms with Crippen molar-refractivity contribution in [2.75, 3.05) is 0 Å². The molecule has 2 aromatic heterocycles. The number of fused-ring (bicyclic) bond motifs is 3. The van der Waals surface area contributed by atoms with E-state index in [1.807, 2.05) is 30.3 Å². The van der Waals surface area contributed by atoms with E-state index in [0.29, 0.717) is 11.3 Å². The van der Waals surface area contributed by atoms with Crippen molar-refractivity contribution in [1.29, 1.82) is 0 Å². The molecule has 1 unspecified atom stereocenters. The molecular weight excluding hydrogens is 322 g/mol. The Labute approximate surface area is 151 Å². The number of para-hydroxylation sites is 1. The Morgan fingerprint density at radius 1 is 1.00 bits per heavy atom. The molecule has 4 nitrogen and oxygen atoms in total. The van der Waals surface area contributed by atoms with Crippen molar-refractivity contribution in [2.45, 2.75) is 25.2 Å². The van der Waals surface area contributed by atoms with Crippen molar-refractivity contribution in [3.05, 3.63) is 94.0 Å². The highest BCUT2D eigenvalue weighted by atomic mass is 16.1. The minimum atomic E-state index is -0.0386. The molecule has 1 N–H and O–H groups in total. The third-order valence-electron chi connectivity index (χ3n) is 5.39. The maximum absolute atomic E-state index is 12.9. The number of benzene rings is 2. The van der Waals surface area contributed by atoms with Crippen molar-refractivity contribution in [1.82, 2.24) is 14.8 Å². The van der Waals surface area contributed by atoms with Gasteiger partial charge in [0, 0.05) is 17.5 Å². The molecule has 1 aliphatic rings. The first-order valence-corrected chi connectivity index (χ1v) is 9.03. The van der Waals surface area contributed by atoms with Gasteiger partial charge in [-0.25, -0.2) is 4.68 Å². The van der Waals surface area contributed by atoms with Crippen molar-refractivity contribution in [3.8, 4) is 5.69 Å². The van der Waals surface area contributed by atoms with Crippen LogP contribution in [0.4, 0.5) is 0 Å². The number of aromatic nitrogens is 3. The van der Waals surface area contributed by atoms with E-state index < -0.39 is 0 Å². The Bertz CT molecular complexity index is 1130. The van der Waals surface area contributed by atoms with Crippen LogP contribution in [0, 0.1) is 0 Å². The fourth-order valence-corrected chi connectivity index (χ4v) is 4.03. The van der Waals surface area contributed by atoms with Gasteiger partial charge in [-0.05, 0) is 42.9 Å². The number of aryl methyl sites for hydroxylation is 1. The van der Waals surface area contributed by atoms with Crippen molar-refractivity contribution in [3.63, 3.8) is 0 Å². The van der Waals surface area contributed by atoms with Gasteiger partial charge in [-0.1, -0.05) is 48.5 Å². The summed E-state index contributed by atoms with van der Waals surface area (Å²) in [7, 11) is 0. The van der Waals surface area contributed by atoms with Crippen LogP contribution in [0.2, 0.25) is 0 Å². The Hall–Kier alpha value is -3.14. The number of hydrogen-bond acceptors (Lipinski definition) is 2. The lowest BCUT2D eigenvalue weighted by Crippen LogP contribution is -2.15. The summed E-state index contributed by atoms with van der Waals surface area (Å²) in [5.74, 6) is 0.472. The molecule has 26 heavy (non-hydrogen) atoms. The lowest BCUT2D eigenvalue weighted by atomic mass is 9.81. The highest BCUT2D eigenvalue weighted by Gasteiger charge is 2.24. The quantitative estimate of drug-likeness (QED) is 0.599. The molecule has 0 saturated heterocycles. The standard InChI is InChI=1S/C22H19N3O/c26-22-19-14-23-20-12-11-16(15-7-3-1-4-8-15)13-18(20)21(19)24-25(22)17-9-5-2-6-10-17/h1-10,14,16,24H,11-13H2. The third-order valence-corrected chi connectivity index (χ3v) is 5.39. The monoisotopic (exact) mass is 341 g/mol. The summed E-state index contributed by atoms with van der Waals surface area (Å²) in [6.07, 6.45) is 4.69. The number of aromatic amines is 1. The van der Waals surface area contributed by atoms with Gasteiger partial charge in [0.2, 0.25) is 0 Å². The van der Waals surface area contributed by atoms with Gasteiger partial charge in [-0.15, -0.1) is 0 Å². The van der Waals surface area contributed by atoms with E-state index >= 15 is 0 Å². The molecule has 1 atom stereocenters. The highest BCUT2D eigenvalue weighted by Crippen LogP contribution is 2.34. The fourth-order valence-electron chi connectivity index (χ4n) is 4.03. The molecular formula is C22H19N3O. The van der Waals surface area contributed by atoms with Crippen LogP contribution in [-0.2, 0) is 12.8 Å². The van der Waals surface area contributed by atoms with Crippen LogP contribution < -0.4 is 5.56 Å². The van der Waals surface area contributed by atoms with Crippen LogP contribution >= 0.6 is 0 Å². The second kappa shape index (κ2) is 5.99.